The number of nitrogens with zero attached hydrogens (tertiary/aromatic N) is 4. The number of aldehydes is 1. The van der Waals surface area contributed by atoms with E-state index in [0.29, 0.717) is 17.9 Å². The number of carbonyl (C=O) groups is 1. The van der Waals surface area contributed by atoms with Crippen molar-refractivity contribution in [1.82, 2.24) is 13.9 Å². The number of fused-ring (bicyclic) bond motifs is 2. The van der Waals surface area contributed by atoms with Gasteiger partial charge in [-0.2, -0.15) is 0 Å². The van der Waals surface area contributed by atoms with Crippen molar-refractivity contribution < 1.29 is 17.9 Å². The molecule has 3 aromatic rings. The van der Waals surface area contributed by atoms with Crippen LogP contribution in [0.1, 0.15) is 12.5 Å². The highest BCUT2D eigenvalue weighted by molar-refractivity contribution is 7.90. The molecule has 4 rings (SSSR count). The van der Waals surface area contributed by atoms with Crippen LogP contribution in [0.4, 0.5) is 5.69 Å². The molecule has 0 fully saturated rings. The third-order valence-electron chi connectivity index (χ3n) is 5.01. The molecular formula is C22H28N4O4S. The minimum absolute atomic E-state index is 0.239. The monoisotopic (exact) mass is 444 g/mol. The van der Waals surface area contributed by atoms with Gasteiger partial charge in [-0.05, 0) is 63.3 Å². The van der Waals surface area contributed by atoms with Crippen LogP contribution >= 0.6 is 0 Å². The predicted octanol–water partition coefficient (Wildman–Crippen LogP) is 2.41. The van der Waals surface area contributed by atoms with Crippen LogP contribution in [-0.2, 0) is 21.2 Å². The summed E-state index contributed by atoms with van der Waals surface area (Å²) in [7, 11) is 2.17. The minimum Gasteiger partial charge on any atom is -0.490 e. The van der Waals surface area contributed by atoms with Gasteiger partial charge in [0.05, 0.1) is 28.2 Å². The van der Waals surface area contributed by atoms with E-state index in [1.165, 1.54) is 10.9 Å². The Morgan fingerprint density at radius 1 is 1.26 bits per heavy atom. The van der Waals surface area contributed by atoms with E-state index in [1.807, 2.05) is 26.0 Å². The molecule has 0 unspecified atom stereocenters. The van der Waals surface area contributed by atoms with E-state index in [9.17, 15) is 8.42 Å². The average molecular weight is 445 g/mol. The Labute approximate surface area is 183 Å². The number of rotatable bonds is 5. The maximum absolute atomic E-state index is 13.5. The van der Waals surface area contributed by atoms with Crippen LogP contribution in [-0.4, -0.2) is 69.4 Å². The lowest BCUT2D eigenvalue weighted by molar-refractivity contribution is -0.106. The lowest BCUT2D eigenvalue weighted by atomic mass is 10.2. The van der Waals surface area contributed by atoms with E-state index in [4.69, 9.17) is 9.53 Å². The fourth-order valence-electron chi connectivity index (χ4n) is 3.42. The molecule has 0 saturated heterocycles. The molecule has 0 atom stereocenters. The molecule has 9 heteroatoms. The Hall–Kier alpha value is -2.91. The molecule has 166 valence electrons. The number of anilines is 1. The smallest absolute Gasteiger partial charge is 0.268 e. The summed E-state index contributed by atoms with van der Waals surface area (Å²) in [5.41, 5.74) is 3.03. The summed E-state index contributed by atoms with van der Waals surface area (Å²) in [6.07, 6.45) is 4.88. The number of ether oxygens (including phenoxy) is 1. The van der Waals surface area contributed by atoms with Crippen LogP contribution in [0.3, 0.4) is 0 Å². The van der Waals surface area contributed by atoms with Gasteiger partial charge in [0.1, 0.15) is 18.6 Å². The van der Waals surface area contributed by atoms with Crippen molar-refractivity contribution in [3.63, 3.8) is 0 Å². The van der Waals surface area contributed by atoms with Gasteiger partial charge in [0.2, 0.25) is 0 Å². The van der Waals surface area contributed by atoms with E-state index in [2.05, 4.69) is 9.88 Å². The molecule has 0 aliphatic carbocycles. The maximum atomic E-state index is 13.5. The molecule has 0 N–H and O–H groups in total. The molecule has 2 aromatic heterocycles. The minimum atomic E-state index is -3.76. The van der Waals surface area contributed by atoms with E-state index in [1.54, 1.807) is 42.7 Å². The quantitative estimate of drug-likeness (QED) is 0.559. The summed E-state index contributed by atoms with van der Waals surface area (Å²) < 4.78 is 33.9. The summed E-state index contributed by atoms with van der Waals surface area (Å²) in [6, 6.07) is 8.58. The Morgan fingerprint density at radius 2 is 2.00 bits per heavy atom. The Morgan fingerprint density at radius 3 is 2.71 bits per heavy atom. The van der Waals surface area contributed by atoms with Crippen LogP contribution in [0.5, 0.6) is 5.75 Å². The van der Waals surface area contributed by atoms with Gasteiger partial charge in [-0.15, -0.1) is 0 Å². The summed E-state index contributed by atoms with van der Waals surface area (Å²) >= 11 is 0. The summed E-state index contributed by atoms with van der Waals surface area (Å²) in [4.78, 5) is 17.6. The van der Waals surface area contributed by atoms with Crippen molar-refractivity contribution in [3.05, 3.63) is 48.3 Å². The summed E-state index contributed by atoms with van der Waals surface area (Å²) in [5.74, 6) is 0.707. The van der Waals surface area contributed by atoms with Crippen molar-refractivity contribution in [3.8, 4) is 5.75 Å². The number of likely N-dealkylation sites (N-methyl/N-ethyl adjacent to an activating group) is 2. The first-order valence-corrected chi connectivity index (χ1v) is 11.5. The predicted molar refractivity (Wildman–Crippen MR) is 122 cm³/mol. The Balaban J connectivity index is 0.000000858. The molecule has 0 spiro atoms. The summed E-state index contributed by atoms with van der Waals surface area (Å²) in [6.45, 7) is 3.58. The van der Waals surface area contributed by atoms with Gasteiger partial charge in [-0.25, -0.2) is 12.4 Å². The highest BCUT2D eigenvalue weighted by atomic mass is 32.2. The van der Waals surface area contributed by atoms with Gasteiger partial charge in [0.15, 0.2) is 0 Å². The fourth-order valence-corrected chi connectivity index (χ4v) is 4.82. The molecule has 0 bridgehead atoms. The Bertz CT molecular complexity index is 1170. The SMILES string of the molecule is CC=O.CN(C)CCc1cn(S(=O)(=O)c2ccc3c(c2)N(C)CCO3)c2cccnc12. The Kier molecular flexibility index (Phi) is 6.97. The van der Waals surface area contributed by atoms with E-state index >= 15 is 0 Å². The first-order valence-electron chi connectivity index (χ1n) is 10.0. The zero-order valence-corrected chi connectivity index (χ0v) is 19.1. The van der Waals surface area contributed by atoms with Crippen molar-refractivity contribution in [2.75, 3.05) is 45.7 Å². The second-order valence-corrected chi connectivity index (χ2v) is 9.33. The largest absolute Gasteiger partial charge is 0.490 e. The van der Waals surface area contributed by atoms with E-state index in [0.717, 1.165) is 42.6 Å². The third-order valence-corrected chi connectivity index (χ3v) is 6.68. The molecule has 0 radical (unpaired) electrons. The molecule has 8 nitrogen and oxygen atoms in total. The van der Waals surface area contributed by atoms with Crippen LogP contribution in [0.25, 0.3) is 11.0 Å². The molecule has 1 aliphatic heterocycles. The lowest BCUT2D eigenvalue weighted by Crippen LogP contribution is -2.29. The van der Waals surface area contributed by atoms with Crippen LogP contribution in [0, 0.1) is 0 Å². The van der Waals surface area contributed by atoms with Crippen LogP contribution < -0.4 is 9.64 Å². The van der Waals surface area contributed by atoms with Gasteiger partial charge in [-0.3, -0.25) is 4.98 Å². The molecule has 3 heterocycles. The molecular weight excluding hydrogens is 416 g/mol. The topological polar surface area (TPSA) is 84.7 Å². The molecule has 1 aromatic carbocycles. The number of benzene rings is 1. The average Bonchev–Trinajstić information content (AvgIpc) is 3.12. The highest BCUT2D eigenvalue weighted by Gasteiger charge is 2.25. The first-order chi connectivity index (χ1) is 14.8. The standard InChI is InChI=1S/C20H24N4O3S.C2H4O/c1-22(2)10-8-15-14-24(17-5-4-9-21-20(15)17)28(25,26)16-6-7-19-18(13-16)23(3)11-12-27-19;1-2-3/h4-7,9,13-14H,8,10-12H2,1-3H3;2H,1H3. The fraction of sp³-hybridized carbons (Fsp3) is 0.364. The van der Waals surface area contributed by atoms with Crippen molar-refractivity contribution in [2.24, 2.45) is 0 Å². The molecule has 0 saturated carbocycles. The van der Waals surface area contributed by atoms with Crippen LogP contribution in [0.15, 0.2) is 47.6 Å². The third kappa shape index (κ3) is 4.72. The number of hydrogen-bond acceptors (Lipinski definition) is 7. The normalized spacial score (nSPS) is 13.4. The van der Waals surface area contributed by atoms with Gasteiger partial charge < -0.3 is 19.3 Å². The van der Waals surface area contributed by atoms with E-state index < -0.39 is 10.0 Å². The number of carbonyl (C=O) groups excluding carboxylic acids is 1. The van der Waals surface area contributed by atoms with Crippen molar-refractivity contribution >= 4 is 33.0 Å². The number of hydrogen-bond donors (Lipinski definition) is 0. The lowest BCUT2D eigenvalue weighted by Gasteiger charge is -2.28. The molecule has 31 heavy (non-hydrogen) atoms. The van der Waals surface area contributed by atoms with Gasteiger partial charge in [0, 0.05) is 26.0 Å². The summed E-state index contributed by atoms with van der Waals surface area (Å²) in [5, 5.41) is 0. The second kappa shape index (κ2) is 9.49. The van der Waals surface area contributed by atoms with Crippen molar-refractivity contribution in [2.45, 2.75) is 18.2 Å². The zero-order valence-electron chi connectivity index (χ0n) is 18.3. The van der Waals surface area contributed by atoms with E-state index in [-0.39, 0.29) is 4.90 Å². The number of pyridine rings is 1. The maximum Gasteiger partial charge on any atom is 0.268 e. The van der Waals surface area contributed by atoms with Gasteiger partial charge in [0.25, 0.3) is 10.0 Å². The number of aromatic nitrogens is 2. The molecule has 0 amide bonds. The highest BCUT2D eigenvalue weighted by Crippen LogP contribution is 2.34. The van der Waals surface area contributed by atoms with Gasteiger partial charge >= 0.3 is 0 Å². The molecule has 1 aliphatic rings. The van der Waals surface area contributed by atoms with Crippen molar-refractivity contribution in [1.29, 1.82) is 0 Å². The first kappa shape index (κ1) is 22.8. The van der Waals surface area contributed by atoms with Gasteiger partial charge in [-0.1, -0.05) is 0 Å². The van der Waals surface area contributed by atoms with Crippen LogP contribution in [0.2, 0.25) is 0 Å². The second-order valence-electron chi connectivity index (χ2n) is 7.51. The zero-order chi connectivity index (χ0) is 22.6.